The van der Waals surface area contributed by atoms with E-state index in [1.54, 1.807) is 27.7 Å². The van der Waals surface area contributed by atoms with Crippen LogP contribution in [0.3, 0.4) is 0 Å². The SMILES string of the molecule is Cc1cc(OCCCC(C)(C)C(=O)O)c(C)cc1OCCCC(C)(C)C(=O)O. The molecule has 1 rings (SSSR count). The van der Waals surface area contributed by atoms with Crippen molar-refractivity contribution in [2.24, 2.45) is 10.8 Å². The summed E-state index contributed by atoms with van der Waals surface area (Å²) in [5, 5.41) is 18.3. The zero-order valence-electron chi connectivity index (χ0n) is 17.9. The average Bonchev–Trinajstić information content (AvgIpc) is 2.58. The molecule has 158 valence electrons. The van der Waals surface area contributed by atoms with E-state index in [0.29, 0.717) is 38.9 Å². The summed E-state index contributed by atoms with van der Waals surface area (Å²) in [6.45, 7) is 11.7. The van der Waals surface area contributed by atoms with Gasteiger partial charge in [0.05, 0.1) is 24.0 Å². The molecule has 0 unspecified atom stereocenters. The summed E-state index contributed by atoms with van der Waals surface area (Å²) in [6.07, 6.45) is 2.42. The first-order valence-corrected chi connectivity index (χ1v) is 9.70. The maximum atomic E-state index is 11.1. The smallest absolute Gasteiger partial charge is 0.309 e. The first kappa shape index (κ1) is 23.8. The molecule has 0 amide bonds. The topological polar surface area (TPSA) is 93.1 Å². The number of benzene rings is 1. The molecule has 0 heterocycles. The molecule has 0 aliphatic rings. The Morgan fingerprint density at radius 2 is 1.11 bits per heavy atom. The van der Waals surface area contributed by atoms with E-state index in [4.69, 9.17) is 19.7 Å². The van der Waals surface area contributed by atoms with Crippen molar-refractivity contribution in [3.8, 4) is 11.5 Å². The molecule has 0 atom stereocenters. The fourth-order valence-corrected chi connectivity index (χ4v) is 2.68. The molecule has 0 spiro atoms. The van der Waals surface area contributed by atoms with Crippen LogP contribution in [0.15, 0.2) is 12.1 Å². The number of rotatable bonds is 12. The highest BCUT2D eigenvalue weighted by molar-refractivity contribution is 5.73. The molecular formula is C22H34O6. The predicted octanol–water partition coefficient (Wildman–Crippen LogP) is 4.84. The molecule has 1 aromatic rings. The van der Waals surface area contributed by atoms with Crippen molar-refractivity contribution < 1.29 is 29.3 Å². The average molecular weight is 395 g/mol. The lowest BCUT2D eigenvalue weighted by Crippen LogP contribution is -2.24. The summed E-state index contributed by atoms with van der Waals surface area (Å²) in [6, 6.07) is 3.85. The van der Waals surface area contributed by atoms with Crippen LogP contribution in [0.25, 0.3) is 0 Å². The monoisotopic (exact) mass is 394 g/mol. The first-order chi connectivity index (χ1) is 12.9. The maximum Gasteiger partial charge on any atom is 0.309 e. The van der Waals surface area contributed by atoms with Crippen LogP contribution in [0, 0.1) is 24.7 Å². The van der Waals surface area contributed by atoms with E-state index in [9.17, 15) is 9.59 Å². The molecule has 0 saturated carbocycles. The van der Waals surface area contributed by atoms with Crippen molar-refractivity contribution in [3.05, 3.63) is 23.3 Å². The van der Waals surface area contributed by atoms with Crippen molar-refractivity contribution >= 4 is 11.9 Å². The standard InChI is InChI=1S/C22H34O6/c1-15-13-18(28-12-8-10-22(5,6)20(25)26)16(2)14-17(15)27-11-7-9-21(3,4)19(23)24/h13-14H,7-12H2,1-6H3,(H,23,24)(H,25,26). The summed E-state index contributed by atoms with van der Waals surface area (Å²) in [4.78, 5) is 22.3. The second-order valence-corrected chi connectivity index (χ2v) is 8.67. The molecule has 2 N–H and O–H groups in total. The van der Waals surface area contributed by atoms with Gasteiger partial charge in [0.15, 0.2) is 0 Å². The molecule has 0 fully saturated rings. The van der Waals surface area contributed by atoms with Crippen LogP contribution in [-0.2, 0) is 9.59 Å². The van der Waals surface area contributed by atoms with Crippen LogP contribution < -0.4 is 9.47 Å². The molecule has 28 heavy (non-hydrogen) atoms. The second kappa shape index (κ2) is 9.80. The Morgan fingerprint density at radius 3 is 1.39 bits per heavy atom. The summed E-state index contributed by atoms with van der Waals surface area (Å²) in [5.41, 5.74) is 0.399. The highest BCUT2D eigenvalue weighted by Gasteiger charge is 2.27. The number of hydrogen-bond acceptors (Lipinski definition) is 4. The fourth-order valence-electron chi connectivity index (χ4n) is 2.68. The van der Waals surface area contributed by atoms with Gasteiger partial charge < -0.3 is 19.7 Å². The number of aryl methyl sites for hydroxylation is 2. The van der Waals surface area contributed by atoms with Crippen molar-refractivity contribution in [2.45, 2.75) is 67.2 Å². The number of carboxylic acids is 2. The Bertz CT molecular complexity index is 631. The molecule has 0 saturated heterocycles. The zero-order chi connectivity index (χ0) is 21.5. The lowest BCUT2D eigenvalue weighted by atomic mass is 9.88. The van der Waals surface area contributed by atoms with Crippen LogP contribution in [0.5, 0.6) is 11.5 Å². The summed E-state index contributed by atoms with van der Waals surface area (Å²) < 4.78 is 11.7. The van der Waals surface area contributed by atoms with Crippen LogP contribution in [-0.4, -0.2) is 35.4 Å². The normalized spacial score (nSPS) is 11.9. The Balaban J connectivity index is 2.53. The highest BCUT2D eigenvalue weighted by atomic mass is 16.5. The Morgan fingerprint density at radius 1 is 0.786 bits per heavy atom. The minimum atomic E-state index is -0.798. The van der Waals surface area contributed by atoms with Crippen molar-refractivity contribution in [1.82, 2.24) is 0 Å². The van der Waals surface area contributed by atoms with Crippen LogP contribution in [0.4, 0.5) is 0 Å². The van der Waals surface area contributed by atoms with Gasteiger partial charge in [0.1, 0.15) is 11.5 Å². The molecule has 0 aliphatic heterocycles. The molecule has 0 aromatic heterocycles. The lowest BCUT2D eigenvalue weighted by molar-refractivity contribution is -0.148. The molecule has 6 heteroatoms. The number of ether oxygens (including phenoxy) is 2. The van der Waals surface area contributed by atoms with E-state index in [1.165, 1.54) is 0 Å². The highest BCUT2D eigenvalue weighted by Crippen LogP contribution is 2.29. The van der Waals surface area contributed by atoms with Gasteiger partial charge in [0.25, 0.3) is 0 Å². The second-order valence-electron chi connectivity index (χ2n) is 8.67. The fraction of sp³-hybridized carbons (Fsp3) is 0.636. The van der Waals surface area contributed by atoms with Gasteiger partial charge in [-0.2, -0.15) is 0 Å². The van der Waals surface area contributed by atoms with Crippen LogP contribution in [0.2, 0.25) is 0 Å². The van der Waals surface area contributed by atoms with Gasteiger partial charge in [0.2, 0.25) is 0 Å². The molecule has 0 radical (unpaired) electrons. The number of hydrogen-bond donors (Lipinski definition) is 2. The maximum absolute atomic E-state index is 11.1. The summed E-state index contributed by atoms with van der Waals surface area (Å²) in [7, 11) is 0. The van der Waals surface area contributed by atoms with Gasteiger partial charge in [0, 0.05) is 0 Å². The predicted molar refractivity (Wildman–Crippen MR) is 108 cm³/mol. The van der Waals surface area contributed by atoms with Gasteiger partial charge >= 0.3 is 11.9 Å². The van der Waals surface area contributed by atoms with Crippen molar-refractivity contribution in [1.29, 1.82) is 0 Å². The van der Waals surface area contributed by atoms with Crippen molar-refractivity contribution in [2.75, 3.05) is 13.2 Å². The molecule has 6 nitrogen and oxygen atoms in total. The van der Waals surface area contributed by atoms with E-state index < -0.39 is 22.8 Å². The van der Waals surface area contributed by atoms with E-state index in [1.807, 2.05) is 26.0 Å². The minimum Gasteiger partial charge on any atom is -0.493 e. The van der Waals surface area contributed by atoms with Crippen molar-refractivity contribution in [3.63, 3.8) is 0 Å². The van der Waals surface area contributed by atoms with Crippen LogP contribution in [0.1, 0.15) is 64.5 Å². The Labute approximate surface area is 167 Å². The lowest BCUT2D eigenvalue weighted by Gasteiger charge is -2.20. The van der Waals surface area contributed by atoms with E-state index >= 15 is 0 Å². The molecule has 0 aliphatic carbocycles. The van der Waals surface area contributed by atoms with Crippen LogP contribution >= 0.6 is 0 Å². The quantitative estimate of drug-likeness (QED) is 0.493. The Kier molecular flexibility index (Phi) is 8.33. The first-order valence-electron chi connectivity index (χ1n) is 9.70. The largest absolute Gasteiger partial charge is 0.493 e. The van der Waals surface area contributed by atoms with Gasteiger partial charge in [-0.25, -0.2) is 0 Å². The van der Waals surface area contributed by atoms with E-state index in [0.717, 1.165) is 22.6 Å². The number of aliphatic carboxylic acids is 2. The minimum absolute atomic E-state index is 0.460. The third-order valence-electron chi connectivity index (χ3n) is 5.04. The third-order valence-corrected chi connectivity index (χ3v) is 5.04. The van der Waals surface area contributed by atoms with Gasteiger partial charge in [-0.15, -0.1) is 0 Å². The summed E-state index contributed by atoms with van der Waals surface area (Å²) >= 11 is 0. The Hall–Kier alpha value is -2.24. The molecule has 0 bridgehead atoms. The van der Waals surface area contributed by atoms with E-state index in [-0.39, 0.29) is 0 Å². The summed E-state index contributed by atoms with van der Waals surface area (Å²) in [5.74, 6) is -0.0597. The molecular weight excluding hydrogens is 360 g/mol. The van der Waals surface area contributed by atoms with Gasteiger partial charge in [-0.3, -0.25) is 9.59 Å². The third kappa shape index (κ3) is 7.06. The van der Waals surface area contributed by atoms with Gasteiger partial charge in [-0.05, 0) is 90.5 Å². The van der Waals surface area contributed by atoms with Gasteiger partial charge in [-0.1, -0.05) is 0 Å². The van der Waals surface area contributed by atoms with E-state index in [2.05, 4.69) is 0 Å². The molecule has 1 aromatic carbocycles. The number of carbonyl (C=O) groups is 2. The zero-order valence-corrected chi connectivity index (χ0v) is 17.9. The number of carboxylic acid groups (broad SMARTS) is 2.